The lowest BCUT2D eigenvalue weighted by Gasteiger charge is -2.08. The van der Waals surface area contributed by atoms with E-state index < -0.39 is 0 Å². The minimum absolute atomic E-state index is 0.137. The lowest BCUT2D eigenvalue weighted by Crippen LogP contribution is -2.03. The third kappa shape index (κ3) is 3.66. The molecule has 2 aromatic rings. The van der Waals surface area contributed by atoms with Crippen LogP contribution in [0.4, 0.5) is 5.69 Å². The molecule has 0 radical (unpaired) electrons. The van der Waals surface area contributed by atoms with E-state index in [1.165, 1.54) is 5.56 Å². The number of pyridine rings is 1. The van der Waals surface area contributed by atoms with E-state index in [0.717, 1.165) is 29.7 Å². The fraction of sp³-hybridized carbons (Fsp3) is 0.353. The molecule has 1 aromatic carbocycles. The van der Waals surface area contributed by atoms with E-state index in [9.17, 15) is 10.1 Å². The molecule has 0 fully saturated rings. The van der Waals surface area contributed by atoms with Crippen molar-refractivity contribution in [3.8, 4) is 0 Å². The van der Waals surface area contributed by atoms with E-state index in [-0.39, 0.29) is 10.6 Å². The number of benzene rings is 1. The van der Waals surface area contributed by atoms with Crippen LogP contribution in [0.1, 0.15) is 41.4 Å². The van der Waals surface area contributed by atoms with Gasteiger partial charge in [-0.05, 0) is 37.5 Å². The minimum Gasteiger partial charge on any atom is -0.258 e. The van der Waals surface area contributed by atoms with Gasteiger partial charge in [-0.1, -0.05) is 37.6 Å². The molecule has 0 bridgehead atoms. The molecule has 0 aliphatic rings. The second kappa shape index (κ2) is 6.48. The number of nitrogens with zero attached hydrogens (tertiary/aromatic N) is 2. The number of aryl methyl sites for hydroxylation is 3. The highest BCUT2D eigenvalue weighted by Gasteiger charge is 2.19. The van der Waals surface area contributed by atoms with Crippen molar-refractivity contribution < 1.29 is 4.92 Å². The molecular weight excluding hydrogens is 264 g/mol. The molecule has 0 atom stereocenters. The highest BCUT2D eigenvalue weighted by molar-refractivity contribution is 5.47. The first-order chi connectivity index (χ1) is 10.0. The van der Waals surface area contributed by atoms with Crippen LogP contribution in [0.3, 0.4) is 0 Å². The highest BCUT2D eigenvalue weighted by atomic mass is 16.6. The average Bonchev–Trinajstić information content (AvgIpc) is 2.40. The quantitative estimate of drug-likeness (QED) is 0.612. The Morgan fingerprint density at radius 3 is 2.33 bits per heavy atom. The summed E-state index contributed by atoms with van der Waals surface area (Å²) in [5.74, 6) is 0. The molecule has 21 heavy (non-hydrogen) atoms. The van der Waals surface area contributed by atoms with Crippen molar-refractivity contribution >= 4 is 5.69 Å². The minimum atomic E-state index is -0.331. The molecule has 0 aliphatic carbocycles. The van der Waals surface area contributed by atoms with Gasteiger partial charge in [0.15, 0.2) is 0 Å². The predicted molar refractivity (Wildman–Crippen MR) is 83.6 cm³/mol. The van der Waals surface area contributed by atoms with Gasteiger partial charge in [-0.3, -0.25) is 15.1 Å². The number of aromatic nitrogens is 1. The summed E-state index contributed by atoms with van der Waals surface area (Å²) < 4.78 is 0. The van der Waals surface area contributed by atoms with Gasteiger partial charge >= 0.3 is 0 Å². The summed E-state index contributed by atoms with van der Waals surface area (Å²) in [6.45, 7) is 5.71. The maximum atomic E-state index is 11.2. The van der Waals surface area contributed by atoms with Gasteiger partial charge in [0.2, 0.25) is 0 Å². The zero-order chi connectivity index (χ0) is 15.4. The first-order valence-electron chi connectivity index (χ1n) is 7.20. The van der Waals surface area contributed by atoms with E-state index in [1.807, 2.05) is 13.0 Å². The van der Waals surface area contributed by atoms with E-state index in [4.69, 9.17) is 0 Å². The Bertz CT molecular complexity index is 649. The van der Waals surface area contributed by atoms with Crippen molar-refractivity contribution in [1.82, 2.24) is 4.98 Å². The van der Waals surface area contributed by atoms with Gasteiger partial charge in [0, 0.05) is 17.7 Å². The Morgan fingerprint density at radius 2 is 1.76 bits per heavy atom. The van der Waals surface area contributed by atoms with Crippen molar-refractivity contribution in [3.63, 3.8) is 0 Å². The van der Waals surface area contributed by atoms with Crippen LogP contribution >= 0.6 is 0 Å². The molecule has 0 amide bonds. The molecule has 110 valence electrons. The van der Waals surface area contributed by atoms with Gasteiger partial charge in [0.1, 0.15) is 5.69 Å². The van der Waals surface area contributed by atoms with Crippen LogP contribution < -0.4 is 0 Å². The molecule has 0 spiro atoms. The van der Waals surface area contributed by atoms with Gasteiger partial charge in [0.05, 0.1) is 4.92 Å². The van der Waals surface area contributed by atoms with E-state index in [1.54, 1.807) is 6.92 Å². The summed E-state index contributed by atoms with van der Waals surface area (Å²) in [4.78, 5) is 15.1. The van der Waals surface area contributed by atoms with Crippen LogP contribution in [0.15, 0.2) is 30.3 Å². The van der Waals surface area contributed by atoms with E-state index in [2.05, 4.69) is 36.2 Å². The SMILES string of the molecule is CCCc1ccc(Cc2cc(C)nc(C)c2[N+](=O)[O-])cc1. The molecule has 1 heterocycles. The van der Waals surface area contributed by atoms with Crippen LogP contribution in [0.2, 0.25) is 0 Å². The Kier molecular flexibility index (Phi) is 4.68. The Hall–Kier alpha value is -2.23. The monoisotopic (exact) mass is 284 g/mol. The molecule has 0 saturated heterocycles. The van der Waals surface area contributed by atoms with Crippen molar-refractivity contribution in [2.45, 2.75) is 40.0 Å². The van der Waals surface area contributed by atoms with Crippen LogP contribution in [0, 0.1) is 24.0 Å². The lowest BCUT2D eigenvalue weighted by atomic mass is 10.0. The zero-order valence-electron chi connectivity index (χ0n) is 12.7. The van der Waals surface area contributed by atoms with Crippen molar-refractivity contribution in [2.24, 2.45) is 0 Å². The van der Waals surface area contributed by atoms with Gasteiger partial charge in [-0.15, -0.1) is 0 Å². The maximum absolute atomic E-state index is 11.2. The van der Waals surface area contributed by atoms with E-state index in [0.29, 0.717) is 12.1 Å². The fourth-order valence-electron chi connectivity index (χ4n) is 2.62. The summed E-state index contributed by atoms with van der Waals surface area (Å²) in [6, 6.07) is 10.1. The second-order valence-electron chi connectivity index (χ2n) is 5.36. The van der Waals surface area contributed by atoms with Crippen LogP contribution in [-0.4, -0.2) is 9.91 Å². The Morgan fingerprint density at radius 1 is 1.14 bits per heavy atom. The molecule has 0 aliphatic heterocycles. The molecule has 1 aromatic heterocycles. The Labute approximate surface area is 125 Å². The Balaban J connectivity index is 2.32. The normalized spacial score (nSPS) is 10.6. The molecule has 4 nitrogen and oxygen atoms in total. The van der Waals surface area contributed by atoms with Crippen molar-refractivity contribution in [2.75, 3.05) is 0 Å². The van der Waals surface area contributed by atoms with Gasteiger partial charge in [-0.25, -0.2) is 0 Å². The summed E-state index contributed by atoms with van der Waals surface area (Å²) >= 11 is 0. The summed E-state index contributed by atoms with van der Waals surface area (Å²) in [7, 11) is 0. The largest absolute Gasteiger partial charge is 0.293 e. The average molecular weight is 284 g/mol. The van der Waals surface area contributed by atoms with Crippen LogP contribution in [-0.2, 0) is 12.8 Å². The third-order valence-electron chi connectivity index (χ3n) is 3.51. The smallest absolute Gasteiger partial charge is 0.258 e. The summed E-state index contributed by atoms with van der Waals surface area (Å²) in [5.41, 5.74) is 4.56. The third-order valence-corrected chi connectivity index (χ3v) is 3.51. The van der Waals surface area contributed by atoms with Crippen molar-refractivity contribution in [1.29, 1.82) is 0 Å². The summed E-state index contributed by atoms with van der Waals surface area (Å²) in [5, 5.41) is 11.2. The topological polar surface area (TPSA) is 56.0 Å². The van der Waals surface area contributed by atoms with Crippen LogP contribution in [0.25, 0.3) is 0 Å². The number of hydrogen-bond acceptors (Lipinski definition) is 3. The van der Waals surface area contributed by atoms with Gasteiger partial charge in [0.25, 0.3) is 5.69 Å². The predicted octanol–water partition coefficient (Wildman–Crippen LogP) is 4.15. The number of rotatable bonds is 5. The molecule has 4 heteroatoms. The maximum Gasteiger partial charge on any atom is 0.293 e. The molecule has 0 saturated carbocycles. The van der Waals surface area contributed by atoms with Gasteiger partial charge in [-0.2, -0.15) is 0 Å². The second-order valence-corrected chi connectivity index (χ2v) is 5.36. The molecule has 2 rings (SSSR count). The van der Waals surface area contributed by atoms with Crippen molar-refractivity contribution in [3.05, 3.63) is 68.5 Å². The van der Waals surface area contributed by atoms with Gasteiger partial charge < -0.3 is 0 Å². The van der Waals surface area contributed by atoms with Crippen LogP contribution in [0.5, 0.6) is 0 Å². The molecule has 0 N–H and O–H groups in total. The summed E-state index contributed by atoms with van der Waals surface area (Å²) in [6.07, 6.45) is 2.74. The standard InChI is InChI=1S/C17H20N2O2/c1-4-5-14-6-8-15(9-7-14)11-16-10-12(2)18-13(3)17(16)19(20)21/h6-10H,4-5,11H2,1-3H3. The fourth-order valence-corrected chi connectivity index (χ4v) is 2.62. The number of hydrogen-bond donors (Lipinski definition) is 0. The highest BCUT2D eigenvalue weighted by Crippen LogP contribution is 2.25. The molecular formula is C17H20N2O2. The first kappa shape index (κ1) is 15.2. The molecule has 0 unspecified atom stereocenters. The lowest BCUT2D eigenvalue weighted by molar-refractivity contribution is -0.386. The van der Waals surface area contributed by atoms with E-state index >= 15 is 0 Å². The number of nitro groups is 1. The first-order valence-corrected chi connectivity index (χ1v) is 7.20. The zero-order valence-corrected chi connectivity index (χ0v) is 12.7.